The Morgan fingerprint density at radius 2 is 1.79 bits per heavy atom. The third-order valence-corrected chi connectivity index (χ3v) is 7.90. The van der Waals surface area contributed by atoms with E-state index in [9.17, 15) is 4.79 Å². The predicted molar refractivity (Wildman–Crippen MR) is 125 cm³/mol. The Morgan fingerprint density at radius 3 is 2.45 bits per heavy atom. The summed E-state index contributed by atoms with van der Waals surface area (Å²) in [6.45, 7) is 4.65. The summed E-state index contributed by atoms with van der Waals surface area (Å²) in [6.07, 6.45) is 3.95. The molecule has 1 atom stereocenters. The van der Waals surface area contributed by atoms with Crippen molar-refractivity contribution in [2.45, 2.75) is 38.3 Å². The first-order valence-corrected chi connectivity index (χ1v) is 11.8. The zero-order valence-corrected chi connectivity index (χ0v) is 19.8. The molecule has 1 spiro atoms. The molecule has 2 fully saturated rings. The van der Waals surface area contributed by atoms with Crippen molar-refractivity contribution >= 4 is 45.6 Å². The number of likely N-dealkylation sites (tertiary alicyclic amines) is 2. The van der Waals surface area contributed by atoms with Crippen LogP contribution in [0.4, 0.5) is 0 Å². The number of hydrogen-bond acceptors (Lipinski definition) is 4. The van der Waals surface area contributed by atoms with Gasteiger partial charge in [-0.3, -0.25) is 4.79 Å². The largest absolute Gasteiger partial charge is 0.338 e. The standard InChI is InChI=1S/C22H28BrN3OS.ClH/c23-18-5-3-17(4-6-18)16-26-14-10-22(21(26)27)8-12-25(13-9-22)11-7-19(24)20-2-1-15-28-20;/h1-6,15,19H,7-14,16,24H2;1H. The molecule has 2 aromatic rings. The highest BCUT2D eigenvalue weighted by Crippen LogP contribution is 2.42. The van der Waals surface area contributed by atoms with Crippen molar-refractivity contribution in [2.75, 3.05) is 26.2 Å². The van der Waals surface area contributed by atoms with Gasteiger partial charge in [0.1, 0.15) is 0 Å². The van der Waals surface area contributed by atoms with Gasteiger partial charge in [0.25, 0.3) is 0 Å². The molecular weight excluding hydrogens is 470 g/mol. The van der Waals surface area contributed by atoms with Crippen LogP contribution in [0.1, 0.15) is 42.2 Å². The van der Waals surface area contributed by atoms with Gasteiger partial charge in [0.2, 0.25) is 5.91 Å². The van der Waals surface area contributed by atoms with E-state index in [1.807, 2.05) is 12.1 Å². The molecule has 1 unspecified atom stereocenters. The summed E-state index contributed by atoms with van der Waals surface area (Å²) in [6, 6.07) is 12.6. The van der Waals surface area contributed by atoms with Crippen molar-refractivity contribution in [1.29, 1.82) is 0 Å². The van der Waals surface area contributed by atoms with E-state index in [0.29, 0.717) is 5.91 Å². The van der Waals surface area contributed by atoms with E-state index in [1.54, 1.807) is 11.3 Å². The molecule has 1 aromatic heterocycles. The lowest BCUT2D eigenvalue weighted by Gasteiger charge is -2.38. The summed E-state index contributed by atoms with van der Waals surface area (Å²) in [5.74, 6) is 0.366. The fraction of sp³-hybridized carbons (Fsp3) is 0.500. The normalized spacial score (nSPS) is 20.1. The monoisotopic (exact) mass is 497 g/mol. The summed E-state index contributed by atoms with van der Waals surface area (Å²) >= 11 is 5.21. The quantitative estimate of drug-likeness (QED) is 0.620. The van der Waals surface area contributed by atoms with Crippen LogP contribution in [0.25, 0.3) is 0 Å². The highest BCUT2D eigenvalue weighted by atomic mass is 79.9. The van der Waals surface area contributed by atoms with Gasteiger partial charge in [0.05, 0.1) is 5.41 Å². The van der Waals surface area contributed by atoms with Crippen molar-refractivity contribution in [3.63, 3.8) is 0 Å². The number of carbonyl (C=O) groups excluding carboxylic acids is 1. The summed E-state index contributed by atoms with van der Waals surface area (Å²) in [5, 5.41) is 2.09. The fourth-order valence-electron chi connectivity index (χ4n) is 4.49. The third-order valence-electron chi connectivity index (χ3n) is 6.37. The van der Waals surface area contributed by atoms with E-state index >= 15 is 0 Å². The van der Waals surface area contributed by atoms with Crippen LogP contribution >= 0.6 is 39.7 Å². The summed E-state index contributed by atoms with van der Waals surface area (Å²) in [5.41, 5.74) is 7.39. The highest BCUT2D eigenvalue weighted by Gasteiger charge is 2.47. The van der Waals surface area contributed by atoms with Gasteiger partial charge in [-0.2, -0.15) is 0 Å². The molecule has 1 aromatic carbocycles. The maximum Gasteiger partial charge on any atom is 0.229 e. The van der Waals surface area contributed by atoms with Crippen molar-refractivity contribution in [3.8, 4) is 0 Å². The Labute approximate surface area is 192 Å². The fourth-order valence-corrected chi connectivity index (χ4v) is 5.52. The lowest BCUT2D eigenvalue weighted by atomic mass is 9.77. The highest BCUT2D eigenvalue weighted by molar-refractivity contribution is 9.10. The molecule has 0 saturated carbocycles. The number of nitrogens with two attached hydrogens (primary N) is 1. The van der Waals surface area contributed by atoms with Crippen molar-refractivity contribution in [1.82, 2.24) is 9.80 Å². The Morgan fingerprint density at radius 1 is 1.10 bits per heavy atom. The van der Waals surface area contributed by atoms with Gasteiger partial charge in [-0.05, 0) is 74.5 Å². The second-order valence-corrected chi connectivity index (χ2v) is 10.0. The molecule has 0 bridgehead atoms. The number of piperidine rings is 1. The first-order valence-electron chi connectivity index (χ1n) is 10.1. The van der Waals surface area contributed by atoms with Crippen LogP contribution in [0.2, 0.25) is 0 Å². The molecule has 2 N–H and O–H groups in total. The average molecular weight is 499 g/mol. The van der Waals surface area contributed by atoms with Crippen LogP contribution in [-0.4, -0.2) is 41.9 Å². The Hall–Kier alpha value is -0.920. The van der Waals surface area contributed by atoms with Gasteiger partial charge >= 0.3 is 0 Å². The number of benzene rings is 1. The average Bonchev–Trinajstić information content (AvgIpc) is 3.34. The van der Waals surface area contributed by atoms with Crippen LogP contribution in [0.5, 0.6) is 0 Å². The number of carbonyl (C=O) groups is 1. The molecule has 158 valence electrons. The maximum absolute atomic E-state index is 13.2. The van der Waals surface area contributed by atoms with Crippen LogP contribution in [-0.2, 0) is 11.3 Å². The molecule has 0 aliphatic carbocycles. The van der Waals surface area contributed by atoms with E-state index < -0.39 is 0 Å². The minimum absolute atomic E-state index is 0. The molecule has 4 rings (SSSR count). The molecule has 7 heteroatoms. The first-order chi connectivity index (χ1) is 13.6. The van der Waals surface area contributed by atoms with E-state index in [4.69, 9.17) is 5.73 Å². The molecule has 0 radical (unpaired) electrons. The van der Waals surface area contributed by atoms with E-state index in [2.05, 4.69) is 55.4 Å². The SMILES string of the molecule is Cl.NC(CCN1CCC2(CC1)CCN(Cc1ccc(Br)cc1)C2=O)c1cccs1. The van der Waals surface area contributed by atoms with Gasteiger partial charge in [-0.25, -0.2) is 0 Å². The lowest BCUT2D eigenvalue weighted by Crippen LogP contribution is -2.45. The van der Waals surface area contributed by atoms with Gasteiger partial charge in [-0.1, -0.05) is 34.1 Å². The molecule has 4 nitrogen and oxygen atoms in total. The van der Waals surface area contributed by atoms with Crippen LogP contribution in [0.15, 0.2) is 46.3 Å². The first kappa shape index (κ1) is 22.8. The molecule has 3 heterocycles. The number of hydrogen-bond donors (Lipinski definition) is 1. The molecule has 2 aliphatic heterocycles. The number of amides is 1. The van der Waals surface area contributed by atoms with Crippen LogP contribution in [0, 0.1) is 5.41 Å². The Bertz CT molecular complexity index is 791. The molecule has 1 amide bonds. The van der Waals surface area contributed by atoms with Crippen LogP contribution < -0.4 is 5.73 Å². The maximum atomic E-state index is 13.2. The number of thiophene rings is 1. The zero-order chi connectivity index (χ0) is 19.6. The Balaban J connectivity index is 0.00000240. The van der Waals surface area contributed by atoms with Crippen molar-refractivity contribution in [3.05, 3.63) is 56.7 Å². The molecule has 2 aliphatic rings. The third kappa shape index (κ3) is 5.23. The second-order valence-electron chi connectivity index (χ2n) is 8.14. The molecular formula is C22H29BrClN3OS. The second kappa shape index (κ2) is 9.92. The summed E-state index contributed by atoms with van der Waals surface area (Å²) < 4.78 is 1.08. The van der Waals surface area contributed by atoms with Crippen molar-refractivity contribution < 1.29 is 4.79 Å². The number of rotatable bonds is 6. The molecule has 29 heavy (non-hydrogen) atoms. The van der Waals surface area contributed by atoms with Gasteiger partial charge in [0.15, 0.2) is 0 Å². The minimum atomic E-state index is -0.123. The zero-order valence-electron chi connectivity index (χ0n) is 16.6. The van der Waals surface area contributed by atoms with E-state index in [0.717, 1.165) is 62.9 Å². The molecule has 2 saturated heterocycles. The summed E-state index contributed by atoms with van der Waals surface area (Å²) in [7, 11) is 0. The van der Waals surface area contributed by atoms with Gasteiger partial charge in [0, 0.05) is 28.5 Å². The summed E-state index contributed by atoms with van der Waals surface area (Å²) in [4.78, 5) is 19.0. The van der Waals surface area contributed by atoms with Gasteiger partial charge in [-0.15, -0.1) is 23.7 Å². The van der Waals surface area contributed by atoms with Gasteiger partial charge < -0.3 is 15.5 Å². The van der Waals surface area contributed by atoms with E-state index in [-0.39, 0.29) is 23.9 Å². The number of halogens is 2. The van der Waals surface area contributed by atoms with Crippen molar-refractivity contribution in [2.24, 2.45) is 11.1 Å². The Kier molecular flexibility index (Phi) is 7.79. The topological polar surface area (TPSA) is 49.6 Å². The lowest BCUT2D eigenvalue weighted by molar-refractivity contribution is -0.138. The van der Waals surface area contributed by atoms with Crippen LogP contribution in [0.3, 0.4) is 0 Å². The van der Waals surface area contributed by atoms with E-state index in [1.165, 1.54) is 10.4 Å². The smallest absolute Gasteiger partial charge is 0.229 e. The number of nitrogens with zero attached hydrogens (tertiary/aromatic N) is 2. The minimum Gasteiger partial charge on any atom is -0.338 e. The predicted octanol–water partition coefficient (Wildman–Crippen LogP) is 4.84.